The van der Waals surface area contributed by atoms with Crippen LogP contribution in [-0.2, 0) is 38.1 Å². The summed E-state index contributed by atoms with van der Waals surface area (Å²) in [6, 6.07) is 10.8. The zero-order chi connectivity index (χ0) is 29.2. The van der Waals surface area contributed by atoms with Crippen LogP contribution in [0.5, 0.6) is 0 Å². The van der Waals surface area contributed by atoms with Crippen LogP contribution in [0.2, 0.25) is 0 Å². The Labute approximate surface area is 236 Å². The van der Waals surface area contributed by atoms with Crippen molar-refractivity contribution in [3.8, 4) is 0 Å². The first kappa shape index (κ1) is 29.7. The fourth-order valence-electron chi connectivity index (χ4n) is 4.63. The highest BCUT2D eigenvalue weighted by Crippen LogP contribution is 2.39. The third-order valence-electron chi connectivity index (χ3n) is 6.37. The van der Waals surface area contributed by atoms with Gasteiger partial charge in [-0.3, -0.25) is 28.3 Å². The molecule has 0 aliphatic carbocycles. The van der Waals surface area contributed by atoms with Crippen LogP contribution in [0.4, 0.5) is 0 Å². The summed E-state index contributed by atoms with van der Waals surface area (Å²) in [5.74, 6) is -2.29. The lowest BCUT2D eigenvalue weighted by molar-refractivity contribution is -0.198. The first-order valence-electron chi connectivity index (χ1n) is 12.5. The van der Waals surface area contributed by atoms with Gasteiger partial charge in [-0.25, -0.2) is 0 Å². The van der Waals surface area contributed by atoms with Crippen LogP contribution < -0.4 is 0 Å². The Hall–Kier alpha value is -3.26. The molecule has 0 saturated carbocycles. The highest BCUT2D eigenvalue weighted by Gasteiger charge is 2.57. The van der Waals surface area contributed by atoms with Crippen molar-refractivity contribution >= 4 is 45.6 Å². The topological polar surface area (TPSA) is 143 Å². The molecule has 2 aromatic rings. The van der Waals surface area contributed by atoms with E-state index in [1.54, 1.807) is 31.2 Å². The number of hydrogen-bond donors (Lipinski definition) is 0. The molecule has 0 aromatic heterocycles. The number of aryl methyl sites for hydroxylation is 1. The molecule has 0 N–H and O–H groups in total. The maximum Gasteiger partial charge on any atom is 0.303 e. The second kappa shape index (κ2) is 12.1. The summed E-state index contributed by atoms with van der Waals surface area (Å²) in [4.78, 5) is 51.8. The lowest BCUT2D eigenvalue weighted by atomic mass is 9.96. The van der Waals surface area contributed by atoms with Gasteiger partial charge in [0.1, 0.15) is 30.3 Å². The summed E-state index contributed by atoms with van der Waals surface area (Å²) in [5, 5.41) is 0. The number of hydrogen-bond acceptors (Lipinski definition) is 11. The van der Waals surface area contributed by atoms with Gasteiger partial charge in [0.05, 0.1) is 16.0 Å². The number of thioether (sulfide) groups is 1. The predicted molar refractivity (Wildman–Crippen MR) is 143 cm³/mol. The van der Waals surface area contributed by atoms with Gasteiger partial charge in [0, 0.05) is 13.8 Å². The molecule has 0 radical (unpaired) electrons. The first-order chi connectivity index (χ1) is 18.9. The van der Waals surface area contributed by atoms with E-state index in [4.69, 9.17) is 18.4 Å². The Balaban J connectivity index is 1.82. The van der Waals surface area contributed by atoms with E-state index in [0.29, 0.717) is 5.75 Å². The zero-order valence-corrected chi connectivity index (χ0v) is 23.9. The molecule has 3 unspecified atom stereocenters. The van der Waals surface area contributed by atoms with Gasteiger partial charge in [0.25, 0.3) is 21.9 Å². The second-order valence-corrected chi connectivity index (χ2v) is 12.2. The van der Waals surface area contributed by atoms with E-state index in [9.17, 15) is 27.6 Å². The smallest absolute Gasteiger partial charge is 0.303 e. The molecule has 0 bridgehead atoms. The standard InChI is InChI=1S/C27H29NO10S2/c1-5-39-27-22(28-25(31)19-8-6-7-9-20(19)26(28)32)24(36-17(4)30)23(21(37-27)14-35-16(3)29)38-40(33,34)18-12-10-15(2)11-13-18/h6-13,21-24,27H,5,14H2,1-4H3/t21?,22?,23?,24-,27+/m1/s1. The van der Waals surface area contributed by atoms with Crippen LogP contribution in [0.3, 0.4) is 0 Å². The molecule has 11 nitrogen and oxygen atoms in total. The van der Waals surface area contributed by atoms with E-state index >= 15 is 0 Å². The number of nitrogens with zero attached hydrogens (tertiary/aromatic N) is 1. The van der Waals surface area contributed by atoms with Gasteiger partial charge in [0.2, 0.25) is 0 Å². The number of fused-ring (bicyclic) bond motifs is 1. The summed E-state index contributed by atoms with van der Waals surface area (Å²) in [7, 11) is -4.48. The second-order valence-electron chi connectivity index (χ2n) is 9.22. The van der Waals surface area contributed by atoms with Crippen molar-refractivity contribution in [3.63, 3.8) is 0 Å². The van der Waals surface area contributed by atoms with E-state index in [1.807, 2.05) is 6.92 Å². The Morgan fingerprint density at radius 1 is 0.950 bits per heavy atom. The van der Waals surface area contributed by atoms with Crippen molar-refractivity contribution in [2.75, 3.05) is 12.4 Å². The fraction of sp³-hybridized carbons (Fsp3) is 0.407. The van der Waals surface area contributed by atoms with E-state index in [1.165, 1.54) is 43.0 Å². The van der Waals surface area contributed by atoms with Crippen molar-refractivity contribution in [1.29, 1.82) is 0 Å². The Kier molecular flexibility index (Phi) is 8.98. The van der Waals surface area contributed by atoms with E-state index < -0.39 is 70.3 Å². The molecule has 2 aromatic carbocycles. The molecular weight excluding hydrogens is 562 g/mol. The summed E-state index contributed by atoms with van der Waals surface area (Å²) < 4.78 is 49.4. The van der Waals surface area contributed by atoms with Gasteiger partial charge in [-0.15, -0.1) is 11.8 Å². The van der Waals surface area contributed by atoms with Crippen LogP contribution in [-0.4, -0.2) is 79.2 Å². The molecule has 2 aliphatic rings. The normalized spacial score (nSPS) is 24.5. The maximum atomic E-state index is 13.5. The third-order valence-corrected chi connectivity index (χ3v) is 8.75. The average Bonchev–Trinajstić information content (AvgIpc) is 3.14. The minimum Gasteiger partial charge on any atom is -0.463 e. The van der Waals surface area contributed by atoms with Gasteiger partial charge >= 0.3 is 11.9 Å². The van der Waals surface area contributed by atoms with Gasteiger partial charge in [-0.2, -0.15) is 8.42 Å². The number of benzene rings is 2. The molecule has 2 heterocycles. The van der Waals surface area contributed by atoms with Crippen molar-refractivity contribution in [1.82, 2.24) is 4.90 Å². The number of carbonyl (C=O) groups excluding carboxylic acids is 4. The van der Waals surface area contributed by atoms with Gasteiger partial charge < -0.3 is 14.2 Å². The number of rotatable bonds is 9. The van der Waals surface area contributed by atoms with Crippen LogP contribution in [0.1, 0.15) is 47.1 Å². The molecule has 1 fully saturated rings. The molecule has 40 heavy (non-hydrogen) atoms. The van der Waals surface area contributed by atoms with Crippen LogP contribution in [0.15, 0.2) is 53.4 Å². The number of imide groups is 1. The maximum absolute atomic E-state index is 13.5. The lowest BCUT2D eigenvalue weighted by Crippen LogP contribution is -2.66. The van der Waals surface area contributed by atoms with Crippen LogP contribution in [0.25, 0.3) is 0 Å². The molecule has 4 rings (SSSR count). The summed E-state index contributed by atoms with van der Waals surface area (Å²) >= 11 is 1.21. The molecular formula is C27H29NO10S2. The van der Waals surface area contributed by atoms with Crippen LogP contribution >= 0.6 is 11.8 Å². The molecule has 214 valence electrons. The molecule has 1 saturated heterocycles. The third kappa shape index (κ3) is 6.07. The Bertz CT molecular complexity index is 1370. The van der Waals surface area contributed by atoms with Crippen molar-refractivity contribution in [2.45, 2.75) is 62.4 Å². The number of ether oxygens (including phenoxy) is 3. The molecule has 0 spiro atoms. The number of esters is 2. The van der Waals surface area contributed by atoms with E-state index in [2.05, 4.69) is 0 Å². The Morgan fingerprint density at radius 2 is 1.55 bits per heavy atom. The van der Waals surface area contributed by atoms with Gasteiger partial charge in [0.15, 0.2) is 6.10 Å². The quantitative estimate of drug-likeness (QED) is 0.241. The van der Waals surface area contributed by atoms with Crippen molar-refractivity contribution in [2.24, 2.45) is 0 Å². The highest BCUT2D eigenvalue weighted by atomic mass is 32.2. The Morgan fingerprint density at radius 3 is 2.08 bits per heavy atom. The number of carbonyl (C=O) groups is 4. The van der Waals surface area contributed by atoms with E-state index in [-0.39, 0.29) is 16.0 Å². The summed E-state index contributed by atoms with van der Waals surface area (Å²) in [5.41, 5.74) is 0.150. The monoisotopic (exact) mass is 591 g/mol. The number of amides is 2. The molecule has 13 heteroatoms. The first-order valence-corrected chi connectivity index (χ1v) is 14.9. The molecule has 2 amide bonds. The van der Waals surface area contributed by atoms with Gasteiger partial charge in [-0.1, -0.05) is 36.8 Å². The lowest BCUT2D eigenvalue weighted by Gasteiger charge is -2.47. The van der Waals surface area contributed by atoms with Gasteiger partial charge in [-0.05, 0) is 36.9 Å². The minimum atomic E-state index is -4.48. The summed E-state index contributed by atoms with van der Waals surface area (Å²) in [6.07, 6.45) is -4.31. The highest BCUT2D eigenvalue weighted by molar-refractivity contribution is 7.99. The van der Waals surface area contributed by atoms with Crippen LogP contribution in [0, 0.1) is 6.92 Å². The van der Waals surface area contributed by atoms with Crippen molar-refractivity contribution < 1.29 is 46.0 Å². The minimum absolute atomic E-state index is 0.154. The molecule has 5 atom stereocenters. The SMILES string of the molecule is CCS[C@@H]1OC(COC(C)=O)C(OS(=O)(=O)c2ccc(C)cc2)[C@H](OC(C)=O)C1N1C(=O)c2ccccc2C1=O. The average molecular weight is 592 g/mol. The van der Waals surface area contributed by atoms with Crippen molar-refractivity contribution in [3.05, 3.63) is 65.2 Å². The predicted octanol–water partition coefficient (Wildman–Crippen LogP) is 2.71. The van der Waals surface area contributed by atoms with E-state index in [0.717, 1.165) is 17.4 Å². The zero-order valence-electron chi connectivity index (χ0n) is 22.3. The summed E-state index contributed by atoms with van der Waals surface area (Å²) in [6.45, 7) is 5.46. The fourth-order valence-corrected chi connectivity index (χ4v) is 6.76. The molecule has 2 aliphatic heterocycles. The largest absolute Gasteiger partial charge is 0.463 e.